The highest BCUT2D eigenvalue weighted by Crippen LogP contribution is 2.33. The zero-order valence-corrected chi connectivity index (χ0v) is 16.9. The van der Waals surface area contributed by atoms with Crippen molar-refractivity contribution in [3.8, 4) is 34.3 Å². The molecule has 0 radical (unpaired) electrons. The molecule has 28 heavy (non-hydrogen) atoms. The molecule has 0 aliphatic rings. The van der Waals surface area contributed by atoms with Crippen LogP contribution in [0.15, 0.2) is 46.9 Å². The third kappa shape index (κ3) is 4.34. The number of anilines is 1. The molecule has 0 saturated carbocycles. The van der Waals surface area contributed by atoms with Gasteiger partial charge in [-0.25, -0.2) is 4.98 Å². The zero-order chi connectivity index (χ0) is 19.9. The number of aromatic nitrogens is 1. The van der Waals surface area contributed by atoms with Crippen molar-refractivity contribution in [1.82, 2.24) is 4.98 Å². The second-order valence-corrected chi connectivity index (χ2v) is 6.45. The zero-order valence-electron chi connectivity index (χ0n) is 16.1. The Morgan fingerprint density at radius 1 is 0.857 bits per heavy atom. The van der Waals surface area contributed by atoms with Crippen LogP contribution < -0.4 is 24.4 Å². The molecule has 0 atom stereocenters. The lowest BCUT2D eigenvalue weighted by atomic mass is 10.1. The molecule has 0 saturated heterocycles. The van der Waals surface area contributed by atoms with Crippen LogP contribution >= 0.6 is 11.3 Å². The van der Waals surface area contributed by atoms with Crippen LogP contribution in [0.4, 0.5) is 5.13 Å². The largest absolute Gasteiger partial charge is 0.493 e. The second-order valence-electron chi connectivity index (χ2n) is 5.59. The van der Waals surface area contributed by atoms with Gasteiger partial charge in [0.05, 0.1) is 40.3 Å². The lowest BCUT2D eigenvalue weighted by Crippen LogP contribution is -1.94. The number of methoxy groups -OCH3 is 4. The Morgan fingerprint density at radius 3 is 2.18 bits per heavy atom. The fraction of sp³-hybridized carbons (Fsp3) is 0.200. The number of hydrogen-bond donors (Lipinski definition) is 1. The molecule has 3 rings (SSSR count). The molecule has 8 heteroatoms. The Kier molecular flexibility index (Phi) is 6.33. The second kappa shape index (κ2) is 9.09. The number of hydrazone groups is 1. The van der Waals surface area contributed by atoms with E-state index in [1.807, 2.05) is 41.8 Å². The topological polar surface area (TPSA) is 74.2 Å². The number of nitrogens with one attached hydrogen (secondary N) is 1. The highest BCUT2D eigenvalue weighted by molar-refractivity contribution is 7.14. The highest BCUT2D eigenvalue weighted by Gasteiger charge is 2.09. The Labute approximate surface area is 167 Å². The van der Waals surface area contributed by atoms with Gasteiger partial charge in [0.2, 0.25) is 5.13 Å². The van der Waals surface area contributed by atoms with Crippen LogP contribution in [0.2, 0.25) is 0 Å². The number of nitrogens with zero attached hydrogens (tertiary/aromatic N) is 2. The lowest BCUT2D eigenvalue weighted by molar-refractivity contribution is 0.355. The number of rotatable bonds is 8. The van der Waals surface area contributed by atoms with Crippen LogP contribution in [0, 0.1) is 0 Å². The average molecular weight is 399 g/mol. The molecule has 146 valence electrons. The average Bonchev–Trinajstić information content (AvgIpc) is 3.22. The summed E-state index contributed by atoms with van der Waals surface area (Å²) in [6.45, 7) is 0. The van der Waals surface area contributed by atoms with Gasteiger partial charge in [-0.05, 0) is 42.0 Å². The number of benzene rings is 2. The minimum absolute atomic E-state index is 0.649. The summed E-state index contributed by atoms with van der Waals surface area (Å²) in [4.78, 5) is 4.56. The smallest absolute Gasteiger partial charge is 0.203 e. The maximum absolute atomic E-state index is 5.35. The first-order valence-corrected chi connectivity index (χ1v) is 9.25. The van der Waals surface area contributed by atoms with E-state index in [1.165, 1.54) is 11.3 Å². The minimum Gasteiger partial charge on any atom is -0.493 e. The van der Waals surface area contributed by atoms with Gasteiger partial charge in [0, 0.05) is 10.9 Å². The Bertz CT molecular complexity index is 972. The van der Waals surface area contributed by atoms with Crippen LogP contribution in [0.25, 0.3) is 11.3 Å². The monoisotopic (exact) mass is 399 g/mol. The first-order valence-electron chi connectivity index (χ1n) is 8.37. The summed E-state index contributed by atoms with van der Waals surface area (Å²) in [5, 5.41) is 6.88. The van der Waals surface area contributed by atoms with Crippen LogP contribution in [0.1, 0.15) is 5.56 Å². The lowest BCUT2D eigenvalue weighted by Gasteiger charge is -2.08. The molecular formula is C20H21N3O4S. The van der Waals surface area contributed by atoms with Gasteiger partial charge >= 0.3 is 0 Å². The van der Waals surface area contributed by atoms with Crippen molar-refractivity contribution in [2.75, 3.05) is 33.9 Å². The van der Waals surface area contributed by atoms with Gasteiger partial charge in [-0.1, -0.05) is 0 Å². The molecule has 0 spiro atoms. The minimum atomic E-state index is 0.649. The highest BCUT2D eigenvalue weighted by atomic mass is 32.1. The van der Waals surface area contributed by atoms with Crippen molar-refractivity contribution in [2.24, 2.45) is 5.10 Å². The van der Waals surface area contributed by atoms with Crippen LogP contribution in [0.3, 0.4) is 0 Å². The van der Waals surface area contributed by atoms with E-state index in [-0.39, 0.29) is 0 Å². The molecule has 0 bridgehead atoms. The molecule has 0 unspecified atom stereocenters. The summed E-state index contributed by atoms with van der Waals surface area (Å²) in [5.41, 5.74) is 5.59. The molecule has 1 N–H and O–H groups in total. The predicted molar refractivity (Wildman–Crippen MR) is 111 cm³/mol. The van der Waals surface area contributed by atoms with E-state index in [1.54, 1.807) is 34.7 Å². The Hall–Kier alpha value is -3.26. The summed E-state index contributed by atoms with van der Waals surface area (Å²) in [5.74, 6) is 2.66. The van der Waals surface area contributed by atoms with Crippen LogP contribution in [-0.4, -0.2) is 39.6 Å². The molecule has 0 aliphatic carbocycles. The number of ether oxygens (including phenoxy) is 4. The molecule has 7 nitrogen and oxygen atoms in total. The van der Waals surface area contributed by atoms with Gasteiger partial charge in [0.15, 0.2) is 23.0 Å². The summed E-state index contributed by atoms with van der Waals surface area (Å²) in [6, 6.07) is 11.3. The summed E-state index contributed by atoms with van der Waals surface area (Å²) in [7, 11) is 6.42. The summed E-state index contributed by atoms with van der Waals surface area (Å²) >= 11 is 1.46. The van der Waals surface area contributed by atoms with E-state index in [2.05, 4.69) is 15.5 Å². The Balaban J connectivity index is 1.71. The number of hydrogen-bond acceptors (Lipinski definition) is 8. The third-order valence-corrected chi connectivity index (χ3v) is 4.71. The van der Waals surface area contributed by atoms with E-state index in [9.17, 15) is 0 Å². The maximum Gasteiger partial charge on any atom is 0.203 e. The van der Waals surface area contributed by atoms with Crippen molar-refractivity contribution in [3.05, 3.63) is 47.3 Å². The van der Waals surface area contributed by atoms with E-state index in [4.69, 9.17) is 18.9 Å². The van der Waals surface area contributed by atoms with Gasteiger partial charge in [-0.3, -0.25) is 5.43 Å². The van der Waals surface area contributed by atoms with E-state index >= 15 is 0 Å². The van der Waals surface area contributed by atoms with Crippen molar-refractivity contribution < 1.29 is 18.9 Å². The molecule has 1 aromatic heterocycles. The Morgan fingerprint density at radius 2 is 1.50 bits per heavy atom. The van der Waals surface area contributed by atoms with Crippen molar-refractivity contribution in [1.29, 1.82) is 0 Å². The summed E-state index contributed by atoms with van der Waals surface area (Å²) < 4.78 is 21.1. The fourth-order valence-corrected chi connectivity index (χ4v) is 3.22. The quantitative estimate of drug-likeness (QED) is 0.450. The van der Waals surface area contributed by atoms with E-state index in [0.29, 0.717) is 28.1 Å². The molecule has 3 aromatic rings. The SMILES string of the molecule is COc1ccc(/C=N\Nc2nc(-c3ccc(OC)c(OC)c3)cs2)cc1OC. The van der Waals surface area contributed by atoms with Crippen LogP contribution in [0.5, 0.6) is 23.0 Å². The van der Waals surface area contributed by atoms with Gasteiger partial charge < -0.3 is 18.9 Å². The molecule has 1 heterocycles. The van der Waals surface area contributed by atoms with Crippen LogP contribution in [-0.2, 0) is 0 Å². The maximum atomic E-state index is 5.35. The first kappa shape index (κ1) is 19.5. The van der Waals surface area contributed by atoms with Crippen molar-refractivity contribution in [2.45, 2.75) is 0 Å². The van der Waals surface area contributed by atoms with Gasteiger partial charge in [0.1, 0.15) is 0 Å². The summed E-state index contributed by atoms with van der Waals surface area (Å²) in [6.07, 6.45) is 1.69. The predicted octanol–water partition coefficient (Wildman–Crippen LogP) is 4.29. The number of thiazole rings is 1. The standard InChI is InChI=1S/C20H21N3O4S/c1-24-16-7-5-13(9-18(16)26-3)11-21-23-20-22-15(12-28-20)14-6-8-17(25-2)19(10-14)27-4/h5-12H,1-4H3,(H,22,23)/b21-11-. The molecular weight excluding hydrogens is 378 g/mol. The fourth-order valence-electron chi connectivity index (χ4n) is 2.55. The van der Waals surface area contributed by atoms with E-state index in [0.717, 1.165) is 16.8 Å². The molecule has 0 amide bonds. The van der Waals surface area contributed by atoms with Gasteiger partial charge in [0.25, 0.3) is 0 Å². The molecule has 0 fully saturated rings. The van der Waals surface area contributed by atoms with Crippen molar-refractivity contribution in [3.63, 3.8) is 0 Å². The van der Waals surface area contributed by atoms with Crippen molar-refractivity contribution >= 4 is 22.7 Å². The van der Waals surface area contributed by atoms with E-state index < -0.39 is 0 Å². The normalized spacial score (nSPS) is 10.7. The van der Waals surface area contributed by atoms with Gasteiger partial charge in [-0.2, -0.15) is 5.10 Å². The molecule has 2 aromatic carbocycles. The molecule has 0 aliphatic heterocycles. The first-order chi connectivity index (χ1) is 13.7. The van der Waals surface area contributed by atoms with Gasteiger partial charge in [-0.15, -0.1) is 11.3 Å². The third-order valence-electron chi connectivity index (χ3n) is 3.96.